The van der Waals surface area contributed by atoms with Crippen LogP contribution in [-0.2, 0) is 6.54 Å². The zero-order valence-corrected chi connectivity index (χ0v) is 20.7. The number of hydrogen-bond donors (Lipinski definition) is 0. The summed E-state index contributed by atoms with van der Waals surface area (Å²) in [4.78, 5) is 7.24. The van der Waals surface area contributed by atoms with Gasteiger partial charge in [0.15, 0.2) is 0 Å². The molecule has 0 saturated carbocycles. The van der Waals surface area contributed by atoms with Crippen LogP contribution in [0.2, 0.25) is 0 Å². The summed E-state index contributed by atoms with van der Waals surface area (Å²) >= 11 is 3.53. The Hall–Kier alpha value is -3.23. The van der Waals surface area contributed by atoms with Crippen LogP contribution in [0.3, 0.4) is 0 Å². The number of aliphatic imine (C=N–C) groups is 1. The Balaban J connectivity index is 1.70. The van der Waals surface area contributed by atoms with Gasteiger partial charge in [0.2, 0.25) is 0 Å². The third kappa shape index (κ3) is 5.07. The van der Waals surface area contributed by atoms with Crippen molar-refractivity contribution < 1.29 is 9.47 Å². The van der Waals surface area contributed by atoms with E-state index in [0.29, 0.717) is 19.1 Å². The zero-order chi connectivity index (χ0) is 23.4. The van der Waals surface area contributed by atoms with Crippen molar-refractivity contribution in [2.75, 3.05) is 25.3 Å². The fourth-order valence-electron chi connectivity index (χ4n) is 3.94. The number of rotatable bonds is 7. The Morgan fingerprint density at radius 3 is 2.58 bits per heavy atom. The van der Waals surface area contributed by atoms with Gasteiger partial charge in [-0.1, -0.05) is 50.1 Å². The summed E-state index contributed by atoms with van der Waals surface area (Å²) in [6.45, 7) is 5.91. The minimum atomic E-state index is 0.233. The van der Waals surface area contributed by atoms with Crippen LogP contribution in [0.4, 0.5) is 5.69 Å². The van der Waals surface area contributed by atoms with E-state index in [0.717, 1.165) is 44.1 Å². The maximum absolute atomic E-state index is 5.72. The second-order valence-corrected chi connectivity index (χ2v) is 9.12. The number of benzene rings is 3. The molecule has 3 aromatic carbocycles. The number of ether oxygens (including phenoxy) is 2. The predicted octanol–water partition coefficient (Wildman–Crippen LogP) is 6.41. The highest BCUT2D eigenvalue weighted by molar-refractivity contribution is 9.10. The lowest BCUT2D eigenvalue weighted by molar-refractivity contribution is 0.370. The molecule has 1 aliphatic rings. The number of terminal acetylenes is 1. The minimum Gasteiger partial charge on any atom is -0.496 e. The molecule has 0 radical (unpaired) electrons. The molecule has 0 N–H and O–H groups in total. The molecule has 1 heterocycles. The quantitative estimate of drug-likeness (QED) is 0.350. The second-order valence-electron chi connectivity index (χ2n) is 8.26. The molecule has 0 aromatic heterocycles. The average Bonchev–Trinajstić information content (AvgIpc) is 2.84. The normalized spacial score (nSPS) is 12.7. The molecule has 0 unspecified atom stereocenters. The Kier molecular flexibility index (Phi) is 7.05. The molecule has 33 heavy (non-hydrogen) atoms. The van der Waals surface area contributed by atoms with Crippen LogP contribution >= 0.6 is 15.9 Å². The molecule has 1 aliphatic heterocycles. The third-order valence-electron chi connectivity index (χ3n) is 5.73. The fourth-order valence-corrected chi connectivity index (χ4v) is 4.35. The SMILES string of the molecule is C#CCOc1ccc2c(c1)C(c1ccc(C(C)C)cc1)=NCN2Cc1ccc(Br)c(OC)c1. The van der Waals surface area contributed by atoms with Crippen molar-refractivity contribution in [1.82, 2.24) is 0 Å². The van der Waals surface area contributed by atoms with Gasteiger partial charge in [-0.05, 0) is 63.3 Å². The standard InChI is InChI=1S/C28H27BrN2O2/c1-5-14-33-23-11-13-26-24(16-23)28(22-9-7-21(8-10-22)19(2)3)30-18-31(26)17-20-6-12-25(29)27(15-20)32-4/h1,6-13,15-16,19H,14,17-18H2,2-4H3. The number of anilines is 1. The number of nitrogens with zero attached hydrogens (tertiary/aromatic N) is 2. The third-order valence-corrected chi connectivity index (χ3v) is 6.38. The Bertz CT molecular complexity index is 1210. The minimum absolute atomic E-state index is 0.233. The highest BCUT2D eigenvalue weighted by Gasteiger charge is 2.23. The van der Waals surface area contributed by atoms with Gasteiger partial charge in [-0.15, -0.1) is 6.42 Å². The maximum Gasteiger partial charge on any atom is 0.148 e. The summed E-state index contributed by atoms with van der Waals surface area (Å²) in [7, 11) is 1.68. The van der Waals surface area contributed by atoms with Crippen molar-refractivity contribution in [3.8, 4) is 23.8 Å². The van der Waals surface area contributed by atoms with E-state index in [1.54, 1.807) is 7.11 Å². The first-order chi connectivity index (χ1) is 16.0. The molecule has 0 aliphatic carbocycles. The van der Waals surface area contributed by atoms with Crippen molar-refractivity contribution in [3.05, 3.63) is 87.4 Å². The molecule has 168 valence electrons. The zero-order valence-electron chi connectivity index (χ0n) is 19.1. The number of fused-ring (bicyclic) bond motifs is 1. The van der Waals surface area contributed by atoms with Crippen molar-refractivity contribution >= 4 is 27.3 Å². The summed E-state index contributed by atoms with van der Waals surface area (Å²) in [5.74, 6) is 4.58. The van der Waals surface area contributed by atoms with E-state index in [4.69, 9.17) is 20.9 Å². The number of halogens is 1. The Labute approximate surface area is 204 Å². The van der Waals surface area contributed by atoms with Gasteiger partial charge in [-0.25, -0.2) is 0 Å². The molecule has 0 amide bonds. The summed E-state index contributed by atoms with van der Waals surface area (Å²) in [5.41, 5.74) is 6.68. The van der Waals surface area contributed by atoms with Gasteiger partial charge in [0, 0.05) is 23.4 Å². The molecule has 0 saturated heterocycles. The van der Waals surface area contributed by atoms with E-state index in [1.165, 1.54) is 5.56 Å². The summed E-state index contributed by atoms with van der Waals surface area (Å²) in [6, 6.07) is 20.9. The van der Waals surface area contributed by atoms with Gasteiger partial charge >= 0.3 is 0 Å². The lowest BCUT2D eigenvalue weighted by Gasteiger charge is -2.31. The Morgan fingerprint density at radius 2 is 1.88 bits per heavy atom. The average molecular weight is 503 g/mol. The van der Waals surface area contributed by atoms with E-state index < -0.39 is 0 Å². The first kappa shape index (κ1) is 22.9. The van der Waals surface area contributed by atoms with Crippen LogP contribution in [0.5, 0.6) is 11.5 Å². The van der Waals surface area contributed by atoms with Crippen LogP contribution in [0.1, 0.15) is 42.0 Å². The van der Waals surface area contributed by atoms with Gasteiger partial charge in [-0.2, -0.15) is 0 Å². The summed E-state index contributed by atoms with van der Waals surface area (Å²) in [6.07, 6.45) is 5.39. The molecule has 3 aromatic rings. The molecule has 0 atom stereocenters. The highest BCUT2D eigenvalue weighted by Crippen LogP contribution is 2.34. The van der Waals surface area contributed by atoms with Crippen LogP contribution < -0.4 is 14.4 Å². The first-order valence-electron chi connectivity index (χ1n) is 10.9. The molecule has 4 rings (SSSR count). The van der Waals surface area contributed by atoms with Crippen molar-refractivity contribution in [3.63, 3.8) is 0 Å². The largest absolute Gasteiger partial charge is 0.496 e. The van der Waals surface area contributed by atoms with Gasteiger partial charge in [-0.3, -0.25) is 4.99 Å². The van der Waals surface area contributed by atoms with Crippen LogP contribution in [0.15, 0.2) is 70.1 Å². The maximum atomic E-state index is 5.72. The van der Waals surface area contributed by atoms with Crippen molar-refractivity contribution in [2.24, 2.45) is 4.99 Å². The van der Waals surface area contributed by atoms with Crippen molar-refractivity contribution in [1.29, 1.82) is 0 Å². The molecule has 0 fully saturated rings. The smallest absolute Gasteiger partial charge is 0.148 e. The molecular formula is C28H27BrN2O2. The molecule has 5 heteroatoms. The molecule has 0 spiro atoms. The molecular weight excluding hydrogens is 476 g/mol. The number of hydrogen-bond acceptors (Lipinski definition) is 4. The van der Waals surface area contributed by atoms with E-state index in [9.17, 15) is 0 Å². The van der Waals surface area contributed by atoms with Crippen LogP contribution in [0, 0.1) is 12.3 Å². The van der Waals surface area contributed by atoms with Crippen LogP contribution in [-0.4, -0.2) is 26.1 Å². The van der Waals surface area contributed by atoms with Gasteiger partial charge < -0.3 is 14.4 Å². The monoisotopic (exact) mass is 502 g/mol. The van der Waals surface area contributed by atoms with E-state index in [-0.39, 0.29) is 6.61 Å². The lowest BCUT2D eigenvalue weighted by Crippen LogP contribution is -2.29. The predicted molar refractivity (Wildman–Crippen MR) is 139 cm³/mol. The fraction of sp³-hybridized carbons (Fsp3) is 0.250. The van der Waals surface area contributed by atoms with Gasteiger partial charge in [0.05, 0.1) is 17.3 Å². The van der Waals surface area contributed by atoms with Gasteiger partial charge in [0.25, 0.3) is 0 Å². The van der Waals surface area contributed by atoms with E-state index >= 15 is 0 Å². The lowest BCUT2D eigenvalue weighted by atomic mass is 9.95. The van der Waals surface area contributed by atoms with E-state index in [1.807, 2.05) is 18.2 Å². The summed E-state index contributed by atoms with van der Waals surface area (Å²) < 4.78 is 12.1. The Morgan fingerprint density at radius 1 is 1.09 bits per heavy atom. The topological polar surface area (TPSA) is 34.1 Å². The second kappa shape index (κ2) is 10.1. The highest BCUT2D eigenvalue weighted by atomic mass is 79.9. The molecule has 4 nitrogen and oxygen atoms in total. The van der Waals surface area contributed by atoms with Crippen LogP contribution in [0.25, 0.3) is 0 Å². The van der Waals surface area contributed by atoms with Crippen molar-refractivity contribution in [2.45, 2.75) is 26.3 Å². The molecule has 0 bridgehead atoms. The number of methoxy groups -OCH3 is 1. The van der Waals surface area contributed by atoms with Gasteiger partial charge in [0.1, 0.15) is 24.8 Å². The summed E-state index contributed by atoms with van der Waals surface area (Å²) in [5, 5.41) is 0. The van der Waals surface area contributed by atoms with E-state index in [2.05, 4.69) is 83.1 Å². The first-order valence-corrected chi connectivity index (χ1v) is 11.7.